The summed E-state index contributed by atoms with van der Waals surface area (Å²) in [6.07, 6.45) is 3.21. The Morgan fingerprint density at radius 2 is 1.48 bits per heavy atom. The monoisotopic (exact) mass is 335 g/mol. The second-order valence-corrected chi connectivity index (χ2v) is 5.93. The summed E-state index contributed by atoms with van der Waals surface area (Å²) in [6.45, 7) is 3.73. The first kappa shape index (κ1) is 16.7. The summed E-state index contributed by atoms with van der Waals surface area (Å²) in [5.74, 6) is 0. The van der Waals surface area contributed by atoms with Gasteiger partial charge in [0.25, 0.3) is 0 Å². The minimum atomic E-state index is -0.174. The lowest BCUT2D eigenvalue weighted by Gasteiger charge is -2.09. The Labute approximate surface area is 146 Å². The number of benzene rings is 2. The van der Waals surface area contributed by atoms with Crippen molar-refractivity contribution in [1.29, 1.82) is 0 Å². The molecule has 0 radical (unpaired) electrons. The van der Waals surface area contributed by atoms with E-state index in [-0.39, 0.29) is 6.03 Å². The highest BCUT2D eigenvalue weighted by molar-refractivity contribution is 5.73. The van der Waals surface area contributed by atoms with Crippen molar-refractivity contribution in [2.45, 2.75) is 26.6 Å². The molecule has 2 amide bonds. The van der Waals surface area contributed by atoms with E-state index in [0.717, 1.165) is 16.7 Å². The van der Waals surface area contributed by atoms with Gasteiger partial charge in [-0.05, 0) is 23.6 Å². The lowest BCUT2D eigenvalue weighted by molar-refractivity contribution is 0.240. The van der Waals surface area contributed by atoms with Crippen LogP contribution >= 0.6 is 0 Å². The summed E-state index contributed by atoms with van der Waals surface area (Å²) in [6, 6.07) is 16.0. The molecule has 3 rings (SSSR count). The van der Waals surface area contributed by atoms with E-state index in [9.17, 15) is 4.79 Å². The first-order chi connectivity index (χ1) is 12.2. The third-order valence-electron chi connectivity index (χ3n) is 3.86. The number of amides is 2. The van der Waals surface area contributed by atoms with Crippen LogP contribution in [-0.2, 0) is 19.6 Å². The summed E-state index contributed by atoms with van der Waals surface area (Å²) in [5.41, 5.74) is 4.48. The standard InChI is InChI=1S/C19H21N5O/c1-15-2-4-16(5-3-15)10-21-19(25)22-11-17-6-8-18(9-7-17)12-24-14-20-13-23-24/h2-9,13-14H,10-12H2,1H3,(H2,21,22,25). The van der Waals surface area contributed by atoms with Crippen LogP contribution in [0.1, 0.15) is 22.3 Å². The number of nitrogens with zero attached hydrogens (tertiary/aromatic N) is 3. The summed E-state index contributed by atoms with van der Waals surface area (Å²) >= 11 is 0. The van der Waals surface area contributed by atoms with Gasteiger partial charge in [-0.15, -0.1) is 0 Å². The van der Waals surface area contributed by atoms with Crippen molar-refractivity contribution in [3.63, 3.8) is 0 Å². The van der Waals surface area contributed by atoms with E-state index in [1.807, 2.05) is 55.5 Å². The van der Waals surface area contributed by atoms with E-state index in [4.69, 9.17) is 0 Å². The molecular formula is C19H21N5O. The molecule has 0 bridgehead atoms. The van der Waals surface area contributed by atoms with Crippen molar-refractivity contribution in [1.82, 2.24) is 25.4 Å². The third-order valence-corrected chi connectivity index (χ3v) is 3.86. The molecule has 0 fully saturated rings. The van der Waals surface area contributed by atoms with Gasteiger partial charge in [0, 0.05) is 13.1 Å². The fourth-order valence-electron chi connectivity index (χ4n) is 2.40. The summed E-state index contributed by atoms with van der Waals surface area (Å²) in [5, 5.41) is 9.81. The van der Waals surface area contributed by atoms with Crippen molar-refractivity contribution < 1.29 is 4.79 Å². The van der Waals surface area contributed by atoms with E-state index >= 15 is 0 Å². The van der Waals surface area contributed by atoms with E-state index < -0.39 is 0 Å². The van der Waals surface area contributed by atoms with E-state index in [1.54, 1.807) is 11.0 Å². The molecule has 1 aromatic heterocycles. The quantitative estimate of drug-likeness (QED) is 0.727. The smallest absolute Gasteiger partial charge is 0.315 e. The van der Waals surface area contributed by atoms with Gasteiger partial charge >= 0.3 is 6.03 Å². The SMILES string of the molecule is Cc1ccc(CNC(=O)NCc2ccc(Cn3cncn3)cc2)cc1. The predicted octanol–water partition coefficient (Wildman–Crippen LogP) is 2.63. The van der Waals surface area contributed by atoms with Crippen molar-refractivity contribution in [2.75, 3.05) is 0 Å². The highest BCUT2D eigenvalue weighted by atomic mass is 16.2. The first-order valence-corrected chi connectivity index (χ1v) is 8.16. The predicted molar refractivity (Wildman–Crippen MR) is 95.8 cm³/mol. The van der Waals surface area contributed by atoms with Gasteiger partial charge in [0.05, 0.1) is 6.54 Å². The maximum absolute atomic E-state index is 11.9. The second kappa shape index (κ2) is 8.10. The molecule has 25 heavy (non-hydrogen) atoms. The first-order valence-electron chi connectivity index (χ1n) is 8.16. The molecule has 128 valence electrons. The number of rotatable bonds is 6. The molecule has 0 atom stereocenters. The Hall–Kier alpha value is -3.15. The Bertz CT molecular complexity index is 795. The molecule has 2 N–H and O–H groups in total. The van der Waals surface area contributed by atoms with Crippen LogP contribution < -0.4 is 10.6 Å². The van der Waals surface area contributed by atoms with Gasteiger partial charge in [0.1, 0.15) is 12.7 Å². The van der Waals surface area contributed by atoms with Crippen molar-refractivity contribution in [2.24, 2.45) is 0 Å². The molecule has 0 saturated heterocycles. The van der Waals surface area contributed by atoms with E-state index in [1.165, 1.54) is 11.9 Å². The van der Waals surface area contributed by atoms with Crippen molar-refractivity contribution >= 4 is 6.03 Å². The number of carbonyl (C=O) groups excluding carboxylic acids is 1. The fourth-order valence-corrected chi connectivity index (χ4v) is 2.40. The lowest BCUT2D eigenvalue weighted by Crippen LogP contribution is -2.34. The largest absolute Gasteiger partial charge is 0.334 e. The van der Waals surface area contributed by atoms with Crippen molar-refractivity contribution in [3.05, 3.63) is 83.4 Å². The van der Waals surface area contributed by atoms with Crippen LogP contribution in [0.25, 0.3) is 0 Å². The number of aromatic nitrogens is 3. The average molecular weight is 335 g/mol. The molecule has 0 saturated carbocycles. The van der Waals surface area contributed by atoms with Gasteiger partial charge in [0.15, 0.2) is 0 Å². The Morgan fingerprint density at radius 3 is 2.04 bits per heavy atom. The van der Waals surface area contributed by atoms with Crippen LogP contribution in [0, 0.1) is 6.92 Å². The highest BCUT2D eigenvalue weighted by Crippen LogP contribution is 2.06. The van der Waals surface area contributed by atoms with Gasteiger partial charge in [-0.25, -0.2) is 14.5 Å². The van der Waals surface area contributed by atoms with Gasteiger partial charge in [0.2, 0.25) is 0 Å². The minimum absolute atomic E-state index is 0.174. The zero-order valence-electron chi connectivity index (χ0n) is 14.1. The van der Waals surface area contributed by atoms with Crippen LogP contribution in [-0.4, -0.2) is 20.8 Å². The maximum Gasteiger partial charge on any atom is 0.315 e. The minimum Gasteiger partial charge on any atom is -0.334 e. The normalized spacial score (nSPS) is 10.4. The van der Waals surface area contributed by atoms with Crippen LogP contribution in [0.4, 0.5) is 4.79 Å². The van der Waals surface area contributed by atoms with E-state index in [0.29, 0.717) is 19.6 Å². The van der Waals surface area contributed by atoms with Crippen LogP contribution in [0.3, 0.4) is 0 Å². The van der Waals surface area contributed by atoms with Crippen LogP contribution in [0.2, 0.25) is 0 Å². The summed E-state index contributed by atoms with van der Waals surface area (Å²) in [7, 11) is 0. The zero-order valence-corrected chi connectivity index (χ0v) is 14.1. The van der Waals surface area contributed by atoms with Crippen LogP contribution in [0.15, 0.2) is 61.2 Å². The van der Waals surface area contributed by atoms with Gasteiger partial charge in [-0.2, -0.15) is 5.10 Å². The molecular weight excluding hydrogens is 314 g/mol. The summed E-state index contributed by atoms with van der Waals surface area (Å²) < 4.78 is 1.77. The summed E-state index contributed by atoms with van der Waals surface area (Å²) in [4.78, 5) is 15.8. The molecule has 6 heteroatoms. The molecule has 0 aliphatic heterocycles. The third kappa shape index (κ3) is 5.17. The molecule has 0 spiro atoms. The zero-order chi connectivity index (χ0) is 17.5. The second-order valence-electron chi connectivity index (χ2n) is 5.93. The molecule has 6 nitrogen and oxygen atoms in total. The Kier molecular flexibility index (Phi) is 5.41. The molecule has 0 unspecified atom stereocenters. The Morgan fingerprint density at radius 1 is 0.920 bits per heavy atom. The topological polar surface area (TPSA) is 71.8 Å². The van der Waals surface area contributed by atoms with Gasteiger partial charge in [-0.1, -0.05) is 54.1 Å². The number of aryl methyl sites for hydroxylation is 1. The van der Waals surface area contributed by atoms with Gasteiger partial charge in [-0.3, -0.25) is 0 Å². The number of urea groups is 1. The molecule has 1 heterocycles. The van der Waals surface area contributed by atoms with Crippen LogP contribution in [0.5, 0.6) is 0 Å². The lowest BCUT2D eigenvalue weighted by atomic mass is 10.1. The number of hydrogen-bond acceptors (Lipinski definition) is 3. The average Bonchev–Trinajstić information content (AvgIpc) is 3.14. The highest BCUT2D eigenvalue weighted by Gasteiger charge is 2.02. The van der Waals surface area contributed by atoms with E-state index in [2.05, 4.69) is 20.7 Å². The number of nitrogens with one attached hydrogen (secondary N) is 2. The fraction of sp³-hybridized carbons (Fsp3) is 0.211. The molecule has 2 aromatic carbocycles. The molecule has 3 aromatic rings. The Balaban J connectivity index is 1.43. The number of hydrogen-bond donors (Lipinski definition) is 2. The molecule has 0 aliphatic rings. The molecule has 0 aliphatic carbocycles. The van der Waals surface area contributed by atoms with Crippen molar-refractivity contribution in [3.8, 4) is 0 Å². The maximum atomic E-state index is 11.9. The number of carbonyl (C=O) groups is 1. The van der Waals surface area contributed by atoms with Gasteiger partial charge < -0.3 is 10.6 Å².